The largest absolute Gasteiger partial charge is 0.446 e. The van der Waals surface area contributed by atoms with E-state index in [1.54, 1.807) is 9.21 Å². The van der Waals surface area contributed by atoms with Crippen molar-refractivity contribution in [2.24, 2.45) is 0 Å². The van der Waals surface area contributed by atoms with Crippen LogP contribution in [0.2, 0.25) is 0 Å². The van der Waals surface area contributed by atoms with Gasteiger partial charge in [0.2, 0.25) is 10.0 Å². The minimum absolute atomic E-state index is 0.0774. The van der Waals surface area contributed by atoms with E-state index in [4.69, 9.17) is 4.74 Å². The highest BCUT2D eigenvalue weighted by Crippen LogP contribution is 2.29. The number of ether oxygens (including phenoxy) is 1. The Hall–Kier alpha value is -3.23. The van der Waals surface area contributed by atoms with E-state index in [0.717, 1.165) is 28.8 Å². The summed E-state index contributed by atoms with van der Waals surface area (Å²) in [4.78, 5) is 18.7. The van der Waals surface area contributed by atoms with Gasteiger partial charge in [0.25, 0.3) is 0 Å². The molecule has 3 aromatic rings. The van der Waals surface area contributed by atoms with Gasteiger partial charge in [-0.15, -0.1) is 0 Å². The molecule has 2 atom stereocenters. The number of amides is 1. The summed E-state index contributed by atoms with van der Waals surface area (Å²) >= 11 is 0. The lowest BCUT2D eigenvalue weighted by Gasteiger charge is -2.36. The Balaban J connectivity index is 0.000000494. The van der Waals surface area contributed by atoms with E-state index in [2.05, 4.69) is 35.3 Å². The van der Waals surface area contributed by atoms with Crippen LogP contribution in [0, 0.1) is 6.92 Å². The summed E-state index contributed by atoms with van der Waals surface area (Å²) in [5.74, 6) is 0.251. The van der Waals surface area contributed by atoms with Crippen molar-refractivity contribution in [2.45, 2.75) is 51.7 Å². The fourth-order valence-corrected chi connectivity index (χ4v) is 6.45. The summed E-state index contributed by atoms with van der Waals surface area (Å²) in [6.07, 6.45) is 4.24. The molecule has 0 radical (unpaired) electrons. The smallest absolute Gasteiger partial charge is 0.410 e. The molecule has 7 nitrogen and oxygen atoms in total. The van der Waals surface area contributed by atoms with E-state index in [-0.39, 0.29) is 24.0 Å². The molecular weight excluding hydrogens is 498 g/mol. The van der Waals surface area contributed by atoms with Gasteiger partial charge < -0.3 is 9.64 Å². The number of hydrogen-bond donors (Lipinski definition) is 0. The number of carbonyl (C=O) groups is 1. The Morgan fingerprint density at radius 2 is 1.68 bits per heavy atom. The van der Waals surface area contributed by atoms with Crippen molar-refractivity contribution in [1.82, 2.24) is 14.2 Å². The average molecular weight is 536 g/mol. The first-order valence-electron chi connectivity index (χ1n) is 13.3. The second-order valence-electron chi connectivity index (χ2n) is 9.84. The Morgan fingerprint density at radius 3 is 2.26 bits per heavy atom. The number of carbonyl (C=O) groups excluding carboxylic acids is 1. The second kappa shape index (κ2) is 13.0. The van der Waals surface area contributed by atoms with Gasteiger partial charge in [-0.2, -0.15) is 0 Å². The number of sulfonamides is 1. The van der Waals surface area contributed by atoms with Crippen LogP contribution in [-0.2, 0) is 14.8 Å². The Morgan fingerprint density at radius 1 is 1.00 bits per heavy atom. The number of aryl methyl sites for hydroxylation is 1. The van der Waals surface area contributed by atoms with E-state index in [9.17, 15) is 13.2 Å². The van der Waals surface area contributed by atoms with Gasteiger partial charge in [0.15, 0.2) is 0 Å². The molecule has 5 rings (SSSR count). The van der Waals surface area contributed by atoms with Gasteiger partial charge in [-0.25, -0.2) is 17.5 Å². The lowest BCUT2D eigenvalue weighted by molar-refractivity contribution is 0.00888. The number of rotatable bonds is 7. The molecule has 38 heavy (non-hydrogen) atoms. The number of hydrogen-bond acceptors (Lipinski definition) is 5. The van der Waals surface area contributed by atoms with Crippen LogP contribution in [0.15, 0.2) is 79.0 Å². The van der Waals surface area contributed by atoms with Crippen molar-refractivity contribution < 1.29 is 17.9 Å². The minimum Gasteiger partial charge on any atom is -0.446 e. The van der Waals surface area contributed by atoms with Gasteiger partial charge in [0.1, 0.15) is 6.10 Å². The summed E-state index contributed by atoms with van der Waals surface area (Å²) in [5, 5.41) is 0. The summed E-state index contributed by atoms with van der Waals surface area (Å²) in [6.45, 7) is 5.75. The molecule has 0 N–H and O–H groups in total. The van der Waals surface area contributed by atoms with Crippen molar-refractivity contribution in [3.63, 3.8) is 0 Å². The molecule has 1 amide bonds. The molecule has 8 heteroatoms. The summed E-state index contributed by atoms with van der Waals surface area (Å²) in [7, 11) is -3.06. The van der Waals surface area contributed by atoms with Gasteiger partial charge in [-0.3, -0.25) is 4.98 Å². The van der Waals surface area contributed by atoms with Gasteiger partial charge >= 0.3 is 6.09 Å². The zero-order valence-corrected chi connectivity index (χ0v) is 23.0. The number of benzene rings is 2. The van der Waals surface area contributed by atoms with E-state index >= 15 is 0 Å². The van der Waals surface area contributed by atoms with Crippen LogP contribution in [-0.4, -0.2) is 60.2 Å². The first kappa shape index (κ1) is 27.8. The molecule has 2 aliphatic rings. The van der Waals surface area contributed by atoms with Gasteiger partial charge in [0.05, 0.1) is 11.8 Å². The third kappa shape index (κ3) is 7.42. The highest BCUT2D eigenvalue weighted by atomic mass is 32.2. The van der Waals surface area contributed by atoms with Crippen LogP contribution in [0.5, 0.6) is 0 Å². The van der Waals surface area contributed by atoms with Crippen molar-refractivity contribution in [1.29, 1.82) is 0 Å². The zero-order chi connectivity index (χ0) is 27.0. The monoisotopic (exact) mass is 535 g/mol. The molecule has 2 aromatic carbocycles. The second-order valence-corrected chi connectivity index (χ2v) is 11.9. The third-order valence-corrected chi connectivity index (χ3v) is 9.04. The lowest BCUT2D eigenvalue weighted by Crippen LogP contribution is -2.43. The molecule has 0 saturated carbocycles. The Labute approximate surface area is 226 Å². The Kier molecular flexibility index (Phi) is 9.53. The fourth-order valence-electron chi connectivity index (χ4n) is 4.88. The standard InChI is InChI=1S/C24H31N3O4S.C6H6/c1-18-17-22(10-12-25-18)21-8-6-20(7-9-21)19(2)27-15-11-23(31-24(27)28)5-3-13-26-14-4-16-32(26,29)30;1-2-4-6-5-3-1/h6-10,12,17,19,23H,3-5,11,13-16H2,1-2H3;1-6H/t19-,23+;/m0./s1. The van der Waals surface area contributed by atoms with Crippen LogP contribution in [0.4, 0.5) is 4.79 Å². The third-order valence-electron chi connectivity index (χ3n) is 7.09. The van der Waals surface area contributed by atoms with Crippen molar-refractivity contribution in [3.05, 3.63) is 90.3 Å². The normalized spacial score (nSPS) is 19.8. The van der Waals surface area contributed by atoms with Crippen molar-refractivity contribution in [3.8, 4) is 11.1 Å². The quantitative estimate of drug-likeness (QED) is 0.380. The Bertz CT molecular complexity index is 1260. The maximum atomic E-state index is 12.7. The van der Waals surface area contributed by atoms with Crippen LogP contribution in [0.25, 0.3) is 11.1 Å². The zero-order valence-electron chi connectivity index (χ0n) is 22.2. The number of pyridine rings is 1. The summed E-state index contributed by atoms with van der Waals surface area (Å²) < 4.78 is 31.0. The maximum absolute atomic E-state index is 12.7. The van der Waals surface area contributed by atoms with E-state index in [1.165, 1.54) is 0 Å². The lowest BCUT2D eigenvalue weighted by atomic mass is 10.00. The van der Waals surface area contributed by atoms with Crippen LogP contribution < -0.4 is 0 Å². The van der Waals surface area contributed by atoms with Crippen LogP contribution in [0.3, 0.4) is 0 Å². The molecule has 1 aromatic heterocycles. The molecule has 0 aliphatic carbocycles. The molecule has 0 bridgehead atoms. The number of nitrogens with zero attached hydrogens (tertiary/aromatic N) is 3. The molecule has 3 heterocycles. The number of aromatic nitrogens is 1. The van der Waals surface area contributed by atoms with Crippen molar-refractivity contribution >= 4 is 16.1 Å². The first-order valence-corrected chi connectivity index (χ1v) is 14.9. The van der Waals surface area contributed by atoms with Gasteiger partial charge in [-0.1, -0.05) is 60.7 Å². The average Bonchev–Trinajstić information content (AvgIpc) is 3.27. The van der Waals surface area contributed by atoms with E-state index < -0.39 is 10.0 Å². The van der Waals surface area contributed by atoms with Gasteiger partial charge in [-0.05, 0) is 61.9 Å². The highest BCUT2D eigenvalue weighted by Gasteiger charge is 2.32. The van der Waals surface area contributed by atoms with Crippen LogP contribution in [0.1, 0.15) is 49.9 Å². The topological polar surface area (TPSA) is 79.8 Å². The maximum Gasteiger partial charge on any atom is 0.410 e. The first-order chi connectivity index (χ1) is 18.3. The molecule has 2 fully saturated rings. The SMILES string of the molecule is Cc1cc(-c2ccc([C@H](C)N3CC[C@@H](CCCN4CCCS4(=O)=O)OC3=O)cc2)ccn1.c1ccccc1. The minimum atomic E-state index is -3.06. The molecule has 202 valence electrons. The predicted octanol–water partition coefficient (Wildman–Crippen LogP) is 5.83. The van der Waals surface area contributed by atoms with E-state index in [0.29, 0.717) is 38.9 Å². The molecule has 0 spiro atoms. The molecular formula is C30H37N3O4S. The molecule has 2 aliphatic heterocycles. The summed E-state index contributed by atoms with van der Waals surface area (Å²) in [6, 6.07) is 24.2. The molecule has 0 unspecified atom stereocenters. The predicted molar refractivity (Wildman–Crippen MR) is 150 cm³/mol. The van der Waals surface area contributed by atoms with Crippen molar-refractivity contribution in [2.75, 3.05) is 25.4 Å². The van der Waals surface area contributed by atoms with E-state index in [1.807, 2.05) is 62.5 Å². The molecule has 2 saturated heterocycles. The van der Waals surface area contributed by atoms with Gasteiger partial charge in [0, 0.05) is 37.9 Å². The fraction of sp³-hybridized carbons (Fsp3) is 0.400. The highest BCUT2D eigenvalue weighted by molar-refractivity contribution is 7.89. The van der Waals surface area contributed by atoms with Crippen LogP contribution >= 0.6 is 0 Å². The summed E-state index contributed by atoms with van der Waals surface area (Å²) in [5.41, 5.74) is 4.29. The number of cyclic esters (lactones) is 1.